The van der Waals surface area contributed by atoms with E-state index in [1.807, 2.05) is 6.92 Å². The molecule has 0 heterocycles. The van der Waals surface area contributed by atoms with E-state index >= 15 is 0 Å². The summed E-state index contributed by atoms with van der Waals surface area (Å²) in [4.78, 5) is 13.1. The van der Waals surface area contributed by atoms with Crippen LogP contribution in [0.25, 0.3) is 0 Å². The Kier molecular flexibility index (Phi) is 5.82. The Bertz CT molecular complexity index is 1050. The average molecular weight is 447 g/mol. The molecule has 5 nitrogen and oxygen atoms in total. The first-order valence-corrected chi connectivity index (χ1v) is 12.2. The average Bonchev–Trinajstić information content (AvgIpc) is 3.30. The zero-order chi connectivity index (χ0) is 21.5. The third-order valence-electron chi connectivity index (χ3n) is 6.41. The molecule has 0 unspecified atom stereocenters. The van der Waals surface area contributed by atoms with Gasteiger partial charge in [-0.1, -0.05) is 35.7 Å². The molecular formula is C23H27ClN2O3S. The number of sulfonamides is 1. The summed E-state index contributed by atoms with van der Waals surface area (Å²) < 4.78 is 28.2. The Morgan fingerprint density at radius 3 is 2.43 bits per heavy atom. The highest BCUT2D eigenvalue weighted by Crippen LogP contribution is 2.44. The molecule has 2 fully saturated rings. The lowest BCUT2D eigenvalue weighted by atomic mass is 9.95. The molecule has 2 aliphatic rings. The Morgan fingerprint density at radius 2 is 1.83 bits per heavy atom. The first-order chi connectivity index (χ1) is 14.2. The first kappa shape index (κ1) is 21.2. The molecule has 2 aromatic carbocycles. The lowest BCUT2D eigenvalue weighted by Gasteiger charge is -2.28. The maximum atomic E-state index is 13.5. The van der Waals surface area contributed by atoms with E-state index in [-0.39, 0.29) is 23.4 Å². The lowest BCUT2D eigenvalue weighted by Crippen LogP contribution is -2.46. The molecule has 2 aromatic rings. The van der Waals surface area contributed by atoms with Crippen LogP contribution >= 0.6 is 11.6 Å². The standard InChI is InChI=1S/C23H27ClN2O3S/c1-15-3-8-20(9-4-15)30(28,29)26(22-10-7-19(24)11-16(22)2)14-23(27)25-21-13-17-5-6-18(21)12-17/h3-4,7-11,17-18,21H,5-6,12-14H2,1-2H3,(H,25,27)/t17-,18-,21-/m0/s1. The van der Waals surface area contributed by atoms with E-state index in [4.69, 9.17) is 11.6 Å². The van der Waals surface area contributed by atoms with Crippen LogP contribution in [0.3, 0.4) is 0 Å². The summed E-state index contributed by atoms with van der Waals surface area (Å²) in [5.74, 6) is 0.960. The van der Waals surface area contributed by atoms with Gasteiger partial charge in [0, 0.05) is 11.1 Å². The Labute approximate surface area is 183 Å². The van der Waals surface area contributed by atoms with Gasteiger partial charge in [0.15, 0.2) is 0 Å². The molecule has 7 heteroatoms. The molecule has 0 saturated heterocycles. The van der Waals surface area contributed by atoms with Gasteiger partial charge in [0.05, 0.1) is 10.6 Å². The predicted octanol–water partition coefficient (Wildman–Crippen LogP) is 4.46. The number of aryl methyl sites for hydroxylation is 2. The van der Waals surface area contributed by atoms with Crippen LogP contribution in [0.2, 0.25) is 5.02 Å². The number of anilines is 1. The Morgan fingerprint density at radius 1 is 1.10 bits per heavy atom. The van der Waals surface area contributed by atoms with E-state index in [9.17, 15) is 13.2 Å². The van der Waals surface area contributed by atoms with Crippen LogP contribution in [0, 0.1) is 25.7 Å². The van der Waals surface area contributed by atoms with Gasteiger partial charge in [-0.3, -0.25) is 9.10 Å². The van der Waals surface area contributed by atoms with Crippen molar-refractivity contribution in [3.8, 4) is 0 Å². The maximum Gasteiger partial charge on any atom is 0.264 e. The van der Waals surface area contributed by atoms with Gasteiger partial charge in [-0.25, -0.2) is 8.42 Å². The molecule has 30 heavy (non-hydrogen) atoms. The monoisotopic (exact) mass is 446 g/mol. The van der Waals surface area contributed by atoms with E-state index in [1.54, 1.807) is 49.4 Å². The minimum Gasteiger partial charge on any atom is -0.352 e. The van der Waals surface area contributed by atoms with Crippen molar-refractivity contribution in [1.82, 2.24) is 5.32 Å². The maximum absolute atomic E-state index is 13.5. The second-order valence-corrected chi connectivity index (χ2v) is 10.9. The Hall–Kier alpha value is -2.05. The first-order valence-electron chi connectivity index (χ1n) is 10.4. The predicted molar refractivity (Wildman–Crippen MR) is 119 cm³/mol. The number of fused-ring (bicyclic) bond motifs is 2. The highest BCUT2D eigenvalue weighted by atomic mass is 35.5. The second-order valence-electron chi connectivity index (χ2n) is 8.60. The van der Waals surface area contributed by atoms with E-state index in [2.05, 4.69) is 5.32 Å². The lowest BCUT2D eigenvalue weighted by molar-refractivity contribution is -0.120. The number of amides is 1. The van der Waals surface area contributed by atoms with Gasteiger partial charge in [0.1, 0.15) is 6.54 Å². The summed E-state index contributed by atoms with van der Waals surface area (Å²) >= 11 is 6.08. The molecule has 2 bridgehead atoms. The van der Waals surface area contributed by atoms with Crippen LogP contribution in [0.15, 0.2) is 47.4 Å². The van der Waals surface area contributed by atoms with Gasteiger partial charge >= 0.3 is 0 Å². The SMILES string of the molecule is Cc1ccc(S(=O)(=O)N(CC(=O)N[C@H]2C[C@H]3CC[C@H]2C3)c2ccc(Cl)cc2C)cc1. The number of hydrogen-bond donors (Lipinski definition) is 1. The summed E-state index contributed by atoms with van der Waals surface area (Å²) in [7, 11) is -3.92. The van der Waals surface area contributed by atoms with Crippen LogP contribution in [0.1, 0.15) is 36.8 Å². The number of rotatable bonds is 6. The number of carbonyl (C=O) groups excluding carboxylic acids is 1. The number of carbonyl (C=O) groups is 1. The van der Waals surface area contributed by atoms with Crippen molar-refractivity contribution in [3.63, 3.8) is 0 Å². The van der Waals surface area contributed by atoms with Gasteiger partial charge in [-0.2, -0.15) is 0 Å². The third-order valence-corrected chi connectivity index (χ3v) is 8.42. The van der Waals surface area contributed by atoms with Crippen molar-refractivity contribution in [1.29, 1.82) is 0 Å². The molecule has 2 saturated carbocycles. The summed E-state index contributed by atoms with van der Waals surface area (Å²) in [6.45, 7) is 3.44. The van der Waals surface area contributed by atoms with Crippen molar-refractivity contribution < 1.29 is 13.2 Å². The normalized spacial score (nSPS) is 22.8. The molecule has 160 valence electrons. The zero-order valence-electron chi connectivity index (χ0n) is 17.3. The van der Waals surface area contributed by atoms with Gasteiger partial charge in [-0.05, 0) is 80.8 Å². The largest absolute Gasteiger partial charge is 0.352 e. The number of halogens is 1. The second kappa shape index (κ2) is 8.23. The van der Waals surface area contributed by atoms with E-state index < -0.39 is 10.0 Å². The number of hydrogen-bond acceptors (Lipinski definition) is 3. The summed E-state index contributed by atoms with van der Waals surface area (Å²) in [5, 5.41) is 3.63. The van der Waals surface area contributed by atoms with Crippen LogP contribution in [-0.2, 0) is 14.8 Å². The molecule has 3 atom stereocenters. The van der Waals surface area contributed by atoms with E-state index in [0.717, 1.165) is 18.4 Å². The summed E-state index contributed by atoms with van der Waals surface area (Å²) in [6.07, 6.45) is 4.57. The van der Waals surface area contributed by atoms with Gasteiger partial charge in [0.25, 0.3) is 10.0 Å². The van der Waals surface area contributed by atoms with E-state index in [0.29, 0.717) is 28.1 Å². The van der Waals surface area contributed by atoms with Crippen molar-refractivity contribution in [3.05, 3.63) is 58.6 Å². The summed E-state index contributed by atoms with van der Waals surface area (Å²) in [5.41, 5.74) is 2.13. The van der Waals surface area contributed by atoms with Crippen molar-refractivity contribution in [2.75, 3.05) is 10.8 Å². The van der Waals surface area contributed by atoms with Gasteiger partial charge in [-0.15, -0.1) is 0 Å². The van der Waals surface area contributed by atoms with Crippen molar-refractivity contribution >= 4 is 33.2 Å². The molecule has 1 N–H and O–H groups in total. The fourth-order valence-electron chi connectivity index (χ4n) is 4.84. The van der Waals surface area contributed by atoms with Gasteiger partial charge in [0.2, 0.25) is 5.91 Å². The van der Waals surface area contributed by atoms with Crippen molar-refractivity contribution in [2.45, 2.75) is 50.5 Å². The Balaban J connectivity index is 1.63. The quantitative estimate of drug-likeness (QED) is 0.712. The van der Waals surface area contributed by atoms with Crippen LogP contribution < -0.4 is 9.62 Å². The molecular weight excluding hydrogens is 420 g/mol. The van der Waals surface area contributed by atoms with Crippen LogP contribution in [-0.4, -0.2) is 26.9 Å². The number of benzene rings is 2. The fraction of sp³-hybridized carbons (Fsp3) is 0.435. The molecule has 0 aromatic heterocycles. The molecule has 4 rings (SSSR count). The number of nitrogens with one attached hydrogen (secondary N) is 1. The van der Waals surface area contributed by atoms with E-state index in [1.165, 1.54) is 17.1 Å². The van der Waals surface area contributed by atoms with Gasteiger partial charge < -0.3 is 5.32 Å². The zero-order valence-corrected chi connectivity index (χ0v) is 18.8. The molecule has 0 aliphatic heterocycles. The minimum atomic E-state index is -3.92. The number of nitrogens with zero attached hydrogens (tertiary/aromatic N) is 1. The molecule has 1 amide bonds. The minimum absolute atomic E-state index is 0.159. The highest BCUT2D eigenvalue weighted by Gasteiger charge is 2.40. The molecule has 2 aliphatic carbocycles. The highest BCUT2D eigenvalue weighted by molar-refractivity contribution is 7.92. The molecule has 0 radical (unpaired) electrons. The van der Waals surface area contributed by atoms with Crippen molar-refractivity contribution in [2.24, 2.45) is 11.8 Å². The third kappa shape index (κ3) is 4.21. The van der Waals surface area contributed by atoms with Crippen LogP contribution in [0.5, 0.6) is 0 Å². The fourth-order valence-corrected chi connectivity index (χ4v) is 6.55. The smallest absolute Gasteiger partial charge is 0.264 e. The topological polar surface area (TPSA) is 66.5 Å². The molecule has 0 spiro atoms. The van der Waals surface area contributed by atoms with Crippen LogP contribution in [0.4, 0.5) is 5.69 Å². The summed E-state index contributed by atoms with van der Waals surface area (Å²) in [6, 6.07) is 11.9.